The van der Waals surface area contributed by atoms with Gasteiger partial charge in [-0.3, -0.25) is 0 Å². The van der Waals surface area contributed by atoms with Gasteiger partial charge in [-0.2, -0.15) is 0 Å². The Balaban J connectivity index is 3.44. The molecule has 0 rings (SSSR count). The normalized spacial score (nSPS) is 16.8. The van der Waals surface area contributed by atoms with Crippen molar-refractivity contribution in [1.82, 2.24) is 0 Å². The smallest absolute Gasteiger partial charge is 0.0418 e. The highest BCUT2D eigenvalue weighted by Crippen LogP contribution is 2.06. The first-order chi connectivity index (χ1) is 4.22. The summed E-state index contributed by atoms with van der Waals surface area (Å²) in [5, 5.41) is 6.87. The van der Waals surface area contributed by atoms with Gasteiger partial charge in [0.15, 0.2) is 0 Å². The van der Waals surface area contributed by atoms with Crippen LogP contribution in [0.2, 0.25) is 0 Å². The van der Waals surface area contributed by atoms with E-state index in [4.69, 9.17) is 11.1 Å². The molecular weight excluding hydrogens is 112 g/mol. The van der Waals surface area contributed by atoms with Crippen LogP contribution in [0.1, 0.15) is 26.7 Å². The lowest BCUT2D eigenvalue weighted by molar-refractivity contribution is 0.495. The van der Waals surface area contributed by atoms with Crippen LogP contribution in [0.3, 0.4) is 0 Å². The predicted molar refractivity (Wildman–Crippen MR) is 40.8 cm³/mol. The first-order valence-electron chi connectivity index (χ1n) is 3.48. The van der Waals surface area contributed by atoms with Crippen molar-refractivity contribution in [2.24, 2.45) is 11.7 Å². The van der Waals surface area contributed by atoms with Crippen molar-refractivity contribution in [3.63, 3.8) is 0 Å². The molecule has 0 spiro atoms. The average molecular weight is 128 g/mol. The van der Waals surface area contributed by atoms with Gasteiger partial charge >= 0.3 is 0 Å². The summed E-state index contributed by atoms with van der Waals surface area (Å²) in [6.07, 6.45) is 3.60. The fourth-order valence-electron chi connectivity index (χ4n) is 0.812. The third kappa shape index (κ3) is 3.25. The fourth-order valence-corrected chi connectivity index (χ4v) is 0.812. The van der Waals surface area contributed by atoms with Gasteiger partial charge < -0.3 is 11.1 Å². The Morgan fingerprint density at radius 2 is 2.22 bits per heavy atom. The van der Waals surface area contributed by atoms with Crippen LogP contribution in [-0.2, 0) is 0 Å². The molecule has 0 aliphatic rings. The molecule has 0 aromatic rings. The molecule has 0 aromatic carbocycles. The molecule has 0 aliphatic carbocycles. The van der Waals surface area contributed by atoms with Crippen LogP contribution in [0, 0.1) is 11.3 Å². The van der Waals surface area contributed by atoms with E-state index in [9.17, 15) is 0 Å². The van der Waals surface area contributed by atoms with Gasteiger partial charge in [-0.25, -0.2) is 0 Å². The SMILES string of the molecule is CCC[C@H](C)C(N)C=N. The maximum absolute atomic E-state index is 6.87. The zero-order valence-electron chi connectivity index (χ0n) is 6.22. The molecule has 9 heavy (non-hydrogen) atoms. The van der Waals surface area contributed by atoms with Crippen molar-refractivity contribution in [2.45, 2.75) is 32.7 Å². The van der Waals surface area contributed by atoms with Gasteiger partial charge in [0.25, 0.3) is 0 Å². The average Bonchev–Trinajstić information content (AvgIpc) is 1.87. The van der Waals surface area contributed by atoms with Crippen molar-refractivity contribution in [3.8, 4) is 0 Å². The molecule has 0 amide bonds. The molecule has 1 unspecified atom stereocenters. The molecule has 0 radical (unpaired) electrons. The lowest BCUT2D eigenvalue weighted by Gasteiger charge is -2.13. The number of nitrogens with two attached hydrogens (primary N) is 1. The highest BCUT2D eigenvalue weighted by molar-refractivity contribution is 5.60. The molecule has 0 fully saturated rings. The topological polar surface area (TPSA) is 49.9 Å². The van der Waals surface area contributed by atoms with Crippen LogP contribution in [0.4, 0.5) is 0 Å². The van der Waals surface area contributed by atoms with Crippen molar-refractivity contribution in [1.29, 1.82) is 5.41 Å². The van der Waals surface area contributed by atoms with Gasteiger partial charge in [-0.1, -0.05) is 20.3 Å². The minimum Gasteiger partial charge on any atom is -0.323 e. The van der Waals surface area contributed by atoms with E-state index in [2.05, 4.69) is 13.8 Å². The Bertz CT molecular complexity index is 81.0. The van der Waals surface area contributed by atoms with E-state index in [0.717, 1.165) is 12.8 Å². The molecule has 2 atom stereocenters. The summed E-state index contributed by atoms with van der Waals surface area (Å²) in [4.78, 5) is 0. The quantitative estimate of drug-likeness (QED) is 0.552. The minimum absolute atomic E-state index is 0.0371. The second-order valence-corrected chi connectivity index (χ2v) is 2.51. The van der Waals surface area contributed by atoms with Crippen LogP contribution in [-0.4, -0.2) is 12.3 Å². The Labute approximate surface area is 57.0 Å². The third-order valence-corrected chi connectivity index (χ3v) is 1.59. The zero-order valence-corrected chi connectivity index (χ0v) is 6.22. The van der Waals surface area contributed by atoms with Crippen molar-refractivity contribution in [3.05, 3.63) is 0 Å². The zero-order chi connectivity index (χ0) is 7.28. The summed E-state index contributed by atoms with van der Waals surface area (Å²) < 4.78 is 0. The lowest BCUT2D eigenvalue weighted by atomic mass is 9.99. The monoisotopic (exact) mass is 128 g/mol. The minimum atomic E-state index is -0.0371. The van der Waals surface area contributed by atoms with Gasteiger partial charge in [-0.15, -0.1) is 0 Å². The molecular formula is C7H16N2. The molecule has 2 nitrogen and oxygen atoms in total. The Hall–Kier alpha value is -0.370. The van der Waals surface area contributed by atoms with Gasteiger partial charge in [0.1, 0.15) is 0 Å². The molecule has 0 aliphatic heterocycles. The lowest BCUT2D eigenvalue weighted by Crippen LogP contribution is -2.29. The maximum atomic E-state index is 6.87. The summed E-state index contributed by atoms with van der Waals surface area (Å²) in [5.74, 6) is 0.465. The standard InChI is InChI=1S/C7H16N2/c1-3-4-6(2)7(9)5-8/h5-8H,3-4,9H2,1-2H3/t6-,7?/m0/s1. The van der Waals surface area contributed by atoms with Crippen molar-refractivity contribution in [2.75, 3.05) is 0 Å². The number of hydrogen-bond donors (Lipinski definition) is 2. The second-order valence-electron chi connectivity index (χ2n) is 2.51. The molecule has 0 heterocycles. The third-order valence-electron chi connectivity index (χ3n) is 1.59. The van der Waals surface area contributed by atoms with Gasteiger partial charge in [0, 0.05) is 12.3 Å². The van der Waals surface area contributed by atoms with Crippen LogP contribution in [0.15, 0.2) is 0 Å². The van der Waals surface area contributed by atoms with E-state index >= 15 is 0 Å². The molecule has 2 heteroatoms. The summed E-state index contributed by atoms with van der Waals surface area (Å²) in [7, 11) is 0. The molecule has 0 saturated carbocycles. The van der Waals surface area contributed by atoms with Crippen molar-refractivity contribution < 1.29 is 0 Å². The van der Waals surface area contributed by atoms with E-state index in [0.29, 0.717) is 5.92 Å². The van der Waals surface area contributed by atoms with Crippen LogP contribution >= 0.6 is 0 Å². The van der Waals surface area contributed by atoms with E-state index in [1.807, 2.05) is 0 Å². The second kappa shape index (κ2) is 4.50. The van der Waals surface area contributed by atoms with E-state index in [1.54, 1.807) is 0 Å². The van der Waals surface area contributed by atoms with E-state index in [1.165, 1.54) is 6.21 Å². The first-order valence-corrected chi connectivity index (χ1v) is 3.48. The summed E-state index contributed by atoms with van der Waals surface area (Å²) in [6.45, 7) is 4.21. The Morgan fingerprint density at radius 3 is 2.56 bits per heavy atom. The van der Waals surface area contributed by atoms with Gasteiger partial charge in [0.05, 0.1) is 0 Å². The van der Waals surface area contributed by atoms with Gasteiger partial charge in [0.2, 0.25) is 0 Å². The van der Waals surface area contributed by atoms with Gasteiger partial charge in [-0.05, 0) is 12.3 Å². The number of hydrogen-bond acceptors (Lipinski definition) is 2. The fraction of sp³-hybridized carbons (Fsp3) is 0.857. The van der Waals surface area contributed by atoms with E-state index in [-0.39, 0.29) is 6.04 Å². The first kappa shape index (κ1) is 8.63. The predicted octanol–water partition coefficient (Wildman–Crippen LogP) is 1.40. The summed E-state index contributed by atoms with van der Waals surface area (Å²) >= 11 is 0. The molecule has 54 valence electrons. The van der Waals surface area contributed by atoms with E-state index < -0.39 is 0 Å². The number of nitrogens with one attached hydrogen (secondary N) is 1. The molecule has 0 saturated heterocycles. The Kier molecular flexibility index (Phi) is 4.32. The highest BCUT2D eigenvalue weighted by atomic mass is 14.7. The molecule has 3 N–H and O–H groups in total. The maximum Gasteiger partial charge on any atom is 0.0418 e. The Morgan fingerprint density at radius 1 is 1.67 bits per heavy atom. The van der Waals surface area contributed by atoms with Crippen LogP contribution < -0.4 is 5.73 Å². The largest absolute Gasteiger partial charge is 0.323 e. The van der Waals surface area contributed by atoms with Crippen LogP contribution in [0.5, 0.6) is 0 Å². The molecule has 0 bridgehead atoms. The van der Waals surface area contributed by atoms with Crippen molar-refractivity contribution >= 4 is 6.21 Å². The van der Waals surface area contributed by atoms with Crippen LogP contribution in [0.25, 0.3) is 0 Å². The summed E-state index contributed by atoms with van der Waals surface area (Å²) in [5.41, 5.74) is 5.56. The summed E-state index contributed by atoms with van der Waals surface area (Å²) in [6, 6.07) is -0.0371. The highest BCUT2D eigenvalue weighted by Gasteiger charge is 2.06. The molecule has 0 aromatic heterocycles. The number of rotatable bonds is 4.